The van der Waals surface area contributed by atoms with Gasteiger partial charge in [-0.1, -0.05) is 29.8 Å². The average Bonchev–Trinajstić information content (AvgIpc) is 2.58. The second-order valence-electron chi connectivity index (χ2n) is 6.93. The van der Waals surface area contributed by atoms with Gasteiger partial charge < -0.3 is 10.4 Å². The summed E-state index contributed by atoms with van der Waals surface area (Å²) in [6.45, 7) is 5.85. The maximum Gasteiger partial charge on any atom is 0.220 e. The van der Waals surface area contributed by atoms with Crippen LogP contribution >= 0.6 is 0 Å². The fourth-order valence-electron chi connectivity index (χ4n) is 3.28. The summed E-state index contributed by atoms with van der Waals surface area (Å²) in [5, 5.41) is 12.6. The molecule has 5 heteroatoms. The molecule has 0 aliphatic rings. The number of carbonyl (C=O) groups is 2. The fraction of sp³-hybridized carbons (Fsp3) is 0.364. The van der Waals surface area contributed by atoms with E-state index in [2.05, 4.69) is 5.32 Å². The number of hydrogen-bond donors (Lipinski definition) is 2. The largest absolute Gasteiger partial charge is 0.387 e. The number of amides is 1. The zero-order chi connectivity index (χ0) is 20.0. The van der Waals surface area contributed by atoms with E-state index in [0.29, 0.717) is 18.4 Å². The van der Waals surface area contributed by atoms with Gasteiger partial charge in [0.25, 0.3) is 0 Å². The predicted molar refractivity (Wildman–Crippen MR) is 103 cm³/mol. The van der Waals surface area contributed by atoms with Crippen LogP contribution in [0.5, 0.6) is 0 Å². The van der Waals surface area contributed by atoms with Crippen molar-refractivity contribution in [3.8, 4) is 0 Å². The van der Waals surface area contributed by atoms with Gasteiger partial charge in [-0.15, -0.1) is 0 Å². The summed E-state index contributed by atoms with van der Waals surface area (Å²) in [6.07, 6.45) is -0.0342. The monoisotopic (exact) mass is 371 g/mol. The van der Waals surface area contributed by atoms with Crippen LogP contribution in [0.3, 0.4) is 0 Å². The van der Waals surface area contributed by atoms with Crippen molar-refractivity contribution in [2.24, 2.45) is 0 Å². The van der Waals surface area contributed by atoms with Crippen molar-refractivity contribution < 1.29 is 19.1 Å². The SMILES string of the molecule is Cc1cc(C)c(C(=O)CCCC(=O)NCC(O)c2cccc(F)c2)c(C)c1. The molecule has 0 fully saturated rings. The zero-order valence-electron chi connectivity index (χ0n) is 16.0. The molecule has 2 aromatic rings. The molecule has 2 aromatic carbocycles. The summed E-state index contributed by atoms with van der Waals surface area (Å²) in [7, 11) is 0. The molecule has 0 bridgehead atoms. The summed E-state index contributed by atoms with van der Waals surface area (Å²) in [5.41, 5.74) is 4.19. The molecular formula is C22H26FNO3. The minimum absolute atomic E-state index is 0.00636. The van der Waals surface area contributed by atoms with E-state index in [-0.39, 0.29) is 24.7 Å². The van der Waals surface area contributed by atoms with Crippen LogP contribution < -0.4 is 5.32 Å². The summed E-state index contributed by atoms with van der Waals surface area (Å²) in [4.78, 5) is 24.4. The number of rotatable bonds is 8. The molecule has 0 spiro atoms. The van der Waals surface area contributed by atoms with Gasteiger partial charge in [-0.2, -0.15) is 0 Å². The quantitative estimate of drug-likeness (QED) is 0.691. The first kappa shape index (κ1) is 20.8. The second-order valence-corrected chi connectivity index (χ2v) is 6.93. The minimum atomic E-state index is -0.968. The van der Waals surface area contributed by atoms with Crippen molar-refractivity contribution in [3.05, 3.63) is 70.0 Å². The first-order valence-electron chi connectivity index (χ1n) is 9.09. The standard InChI is InChI=1S/C22H26FNO3/c1-14-10-15(2)22(16(3)11-14)19(25)8-5-9-21(27)24-13-20(26)17-6-4-7-18(23)12-17/h4,6-7,10-12,20,26H,5,8-9,13H2,1-3H3,(H,24,27). The van der Waals surface area contributed by atoms with Crippen LogP contribution in [0.4, 0.5) is 4.39 Å². The van der Waals surface area contributed by atoms with Crippen molar-refractivity contribution in [3.63, 3.8) is 0 Å². The fourth-order valence-corrected chi connectivity index (χ4v) is 3.28. The Bertz CT molecular complexity index is 809. The maximum atomic E-state index is 13.2. The van der Waals surface area contributed by atoms with Gasteiger partial charge in [0.2, 0.25) is 5.91 Å². The van der Waals surface area contributed by atoms with Gasteiger partial charge in [-0.3, -0.25) is 9.59 Å². The van der Waals surface area contributed by atoms with Crippen molar-refractivity contribution in [2.45, 2.75) is 46.1 Å². The molecule has 0 saturated carbocycles. The molecule has 0 heterocycles. The third-order valence-corrected chi connectivity index (χ3v) is 4.49. The lowest BCUT2D eigenvalue weighted by Crippen LogP contribution is -2.28. The Labute approximate surface area is 159 Å². The van der Waals surface area contributed by atoms with E-state index in [1.165, 1.54) is 18.2 Å². The van der Waals surface area contributed by atoms with Crippen LogP contribution in [0.1, 0.15) is 58.0 Å². The molecule has 1 atom stereocenters. The Morgan fingerprint density at radius 1 is 1.07 bits per heavy atom. The van der Waals surface area contributed by atoms with Crippen LogP contribution in [0, 0.1) is 26.6 Å². The molecule has 1 unspecified atom stereocenters. The molecule has 0 saturated heterocycles. The molecule has 1 amide bonds. The number of carbonyl (C=O) groups excluding carboxylic acids is 2. The lowest BCUT2D eigenvalue weighted by molar-refractivity contribution is -0.121. The van der Waals surface area contributed by atoms with Crippen LogP contribution in [-0.4, -0.2) is 23.3 Å². The Balaban J connectivity index is 1.78. The topological polar surface area (TPSA) is 66.4 Å². The highest BCUT2D eigenvalue weighted by molar-refractivity contribution is 5.99. The number of halogens is 1. The number of aliphatic hydroxyl groups is 1. The Morgan fingerprint density at radius 2 is 1.74 bits per heavy atom. The number of ketones is 1. The highest BCUT2D eigenvalue weighted by Crippen LogP contribution is 2.19. The summed E-state index contributed by atoms with van der Waals surface area (Å²) < 4.78 is 13.2. The van der Waals surface area contributed by atoms with E-state index in [1.54, 1.807) is 6.07 Å². The van der Waals surface area contributed by atoms with Gasteiger partial charge >= 0.3 is 0 Å². The van der Waals surface area contributed by atoms with Crippen LogP contribution in [0.25, 0.3) is 0 Å². The Hall–Kier alpha value is -2.53. The van der Waals surface area contributed by atoms with Gasteiger partial charge in [0.15, 0.2) is 5.78 Å². The highest BCUT2D eigenvalue weighted by atomic mass is 19.1. The summed E-state index contributed by atoms with van der Waals surface area (Å²) in [5.74, 6) is -0.633. The molecule has 2 N–H and O–H groups in total. The van der Waals surface area contributed by atoms with Crippen LogP contribution in [0.15, 0.2) is 36.4 Å². The van der Waals surface area contributed by atoms with E-state index >= 15 is 0 Å². The van der Waals surface area contributed by atoms with E-state index in [9.17, 15) is 19.1 Å². The Kier molecular flexibility index (Phi) is 7.25. The average molecular weight is 371 g/mol. The van der Waals surface area contributed by atoms with Crippen molar-refractivity contribution in [1.82, 2.24) is 5.32 Å². The van der Waals surface area contributed by atoms with Gasteiger partial charge in [0, 0.05) is 24.9 Å². The van der Waals surface area contributed by atoms with Gasteiger partial charge in [-0.25, -0.2) is 4.39 Å². The van der Waals surface area contributed by atoms with Gasteiger partial charge in [0.05, 0.1) is 6.10 Å². The maximum absolute atomic E-state index is 13.2. The molecule has 27 heavy (non-hydrogen) atoms. The predicted octanol–water partition coefficient (Wildman–Crippen LogP) is 3.95. The minimum Gasteiger partial charge on any atom is -0.387 e. The lowest BCUT2D eigenvalue weighted by atomic mass is 9.94. The number of benzene rings is 2. The molecule has 0 radical (unpaired) electrons. The second kappa shape index (κ2) is 9.42. The third kappa shape index (κ3) is 6.00. The highest BCUT2D eigenvalue weighted by Gasteiger charge is 2.14. The number of aliphatic hydroxyl groups excluding tert-OH is 1. The van der Waals surface area contributed by atoms with Gasteiger partial charge in [0.1, 0.15) is 5.82 Å². The zero-order valence-corrected chi connectivity index (χ0v) is 16.0. The van der Waals surface area contributed by atoms with E-state index in [4.69, 9.17) is 0 Å². The van der Waals surface area contributed by atoms with Crippen LogP contribution in [0.2, 0.25) is 0 Å². The van der Waals surface area contributed by atoms with Crippen molar-refractivity contribution >= 4 is 11.7 Å². The number of nitrogens with one attached hydrogen (secondary N) is 1. The number of hydrogen-bond acceptors (Lipinski definition) is 3. The smallest absolute Gasteiger partial charge is 0.220 e. The molecule has 2 rings (SSSR count). The molecular weight excluding hydrogens is 345 g/mol. The summed E-state index contributed by atoms with van der Waals surface area (Å²) >= 11 is 0. The molecule has 144 valence electrons. The molecule has 0 aliphatic heterocycles. The van der Waals surface area contributed by atoms with Gasteiger partial charge in [-0.05, 0) is 56.0 Å². The summed E-state index contributed by atoms with van der Waals surface area (Å²) in [6, 6.07) is 9.62. The van der Waals surface area contributed by atoms with Crippen molar-refractivity contribution in [2.75, 3.05) is 6.54 Å². The normalized spacial score (nSPS) is 11.9. The lowest BCUT2D eigenvalue weighted by Gasteiger charge is -2.13. The van der Waals surface area contributed by atoms with Crippen molar-refractivity contribution in [1.29, 1.82) is 0 Å². The first-order chi connectivity index (χ1) is 12.8. The number of aryl methyl sites for hydroxylation is 3. The molecule has 4 nitrogen and oxygen atoms in total. The molecule has 0 aromatic heterocycles. The molecule has 0 aliphatic carbocycles. The third-order valence-electron chi connectivity index (χ3n) is 4.49. The van der Waals surface area contributed by atoms with E-state index < -0.39 is 11.9 Å². The van der Waals surface area contributed by atoms with E-state index in [0.717, 1.165) is 22.3 Å². The number of Topliss-reactive ketones (excluding diaryl/α,β-unsaturated/α-hetero) is 1. The Morgan fingerprint density at radius 3 is 2.37 bits per heavy atom. The first-order valence-corrected chi connectivity index (χ1v) is 9.09. The van der Waals surface area contributed by atoms with E-state index in [1.807, 2.05) is 32.9 Å². The van der Waals surface area contributed by atoms with Crippen LogP contribution in [-0.2, 0) is 4.79 Å².